The molecule has 0 atom stereocenters. The Morgan fingerprint density at radius 2 is 2.38 bits per heavy atom. The topological polar surface area (TPSA) is 61.8 Å². The van der Waals surface area contributed by atoms with E-state index in [2.05, 4.69) is 10.3 Å². The molecule has 0 radical (unpaired) electrons. The van der Waals surface area contributed by atoms with Gasteiger partial charge in [-0.3, -0.25) is 14.0 Å². The monoisotopic (exact) mass is 239 g/mol. The number of aliphatic imine (C=N–C) groups is 1. The molecule has 2 heterocycles. The molecule has 5 nitrogen and oxygen atoms in total. The van der Waals surface area contributed by atoms with E-state index in [1.54, 1.807) is 12.3 Å². The van der Waals surface area contributed by atoms with Crippen molar-refractivity contribution in [1.82, 2.24) is 9.74 Å². The van der Waals surface area contributed by atoms with Crippen LogP contribution in [0.1, 0.15) is 13.3 Å². The van der Waals surface area contributed by atoms with Crippen molar-refractivity contribution >= 4 is 29.3 Å². The summed E-state index contributed by atoms with van der Waals surface area (Å²) in [6, 6.07) is 0. The molecule has 84 valence electrons. The maximum atomic E-state index is 11.8. The number of amides is 1. The summed E-state index contributed by atoms with van der Waals surface area (Å²) in [5, 5.41) is 2.53. The lowest BCUT2D eigenvalue weighted by molar-refractivity contribution is -0.117. The maximum absolute atomic E-state index is 11.8. The number of halogens is 1. The molecule has 2 rings (SSSR count). The Hall–Kier alpha value is -1.62. The smallest absolute Gasteiger partial charge is 0.222 e. The second-order valence-corrected chi connectivity index (χ2v) is 4.01. The van der Waals surface area contributed by atoms with Gasteiger partial charge in [0, 0.05) is 30.5 Å². The molecule has 0 aromatic heterocycles. The van der Waals surface area contributed by atoms with Gasteiger partial charge in [0.1, 0.15) is 5.84 Å². The molecule has 0 aromatic carbocycles. The number of carbonyl (C=O) groups excluding carboxylic acids is 2. The van der Waals surface area contributed by atoms with Crippen LogP contribution in [0, 0.1) is 0 Å². The zero-order chi connectivity index (χ0) is 11.7. The second kappa shape index (κ2) is 4.09. The van der Waals surface area contributed by atoms with Gasteiger partial charge in [-0.15, -0.1) is 0 Å². The second-order valence-electron chi connectivity index (χ2n) is 3.58. The average Bonchev–Trinajstić information content (AvgIpc) is 2.18. The highest BCUT2D eigenvalue weighted by atomic mass is 35.5. The third-order valence-electron chi connectivity index (χ3n) is 2.25. The average molecular weight is 240 g/mol. The third-order valence-corrected chi connectivity index (χ3v) is 2.49. The van der Waals surface area contributed by atoms with Gasteiger partial charge in [-0.2, -0.15) is 0 Å². The highest BCUT2D eigenvalue weighted by molar-refractivity contribution is 6.17. The molecule has 1 N–H and O–H groups in total. The van der Waals surface area contributed by atoms with E-state index in [0.717, 1.165) is 0 Å². The Morgan fingerprint density at radius 3 is 3.06 bits per heavy atom. The van der Waals surface area contributed by atoms with Gasteiger partial charge in [0.25, 0.3) is 0 Å². The van der Waals surface area contributed by atoms with Crippen LogP contribution in [0.2, 0.25) is 0 Å². The first-order chi connectivity index (χ1) is 7.56. The fourth-order valence-electron chi connectivity index (χ4n) is 1.59. The summed E-state index contributed by atoms with van der Waals surface area (Å²) < 4.78 is 1.40. The molecule has 0 unspecified atom stereocenters. The number of carbonyl (C=O) groups is 2. The van der Waals surface area contributed by atoms with Gasteiger partial charge in [-0.25, -0.2) is 4.99 Å². The van der Waals surface area contributed by atoms with Gasteiger partial charge >= 0.3 is 0 Å². The first kappa shape index (κ1) is 10.9. The fourth-order valence-corrected chi connectivity index (χ4v) is 1.77. The van der Waals surface area contributed by atoms with Crippen molar-refractivity contribution in [2.75, 3.05) is 6.54 Å². The predicted octanol–water partition coefficient (Wildman–Crippen LogP) is 0.731. The van der Waals surface area contributed by atoms with Crippen LogP contribution in [-0.4, -0.2) is 28.5 Å². The van der Waals surface area contributed by atoms with Crippen LogP contribution in [0.3, 0.4) is 0 Å². The Bertz CT molecular complexity index is 451. The number of nitrogens with one attached hydrogen (secondary N) is 1. The fraction of sp³-hybridized carbons (Fsp3) is 0.300. The van der Waals surface area contributed by atoms with Gasteiger partial charge in [0.05, 0.1) is 18.7 Å². The molecule has 1 amide bonds. The number of ketones is 1. The molecule has 6 heteroatoms. The van der Waals surface area contributed by atoms with Crippen LogP contribution in [0.5, 0.6) is 0 Å². The van der Waals surface area contributed by atoms with Crippen LogP contribution >= 0.6 is 11.8 Å². The lowest BCUT2D eigenvalue weighted by Crippen LogP contribution is -2.34. The summed E-state index contributed by atoms with van der Waals surface area (Å²) in [6.45, 7) is 1.73. The maximum Gasteiger partial charge on any atom is 0.222 e. The van der Waals surface area contributed by atoms with E-state index in [0.29, 0.717) is 23.7 Å². The minimum absolute atomic E-state index is 0.0521. The van der Waals surface area contributed by atoms with Crippen molar-refractivity contribution < 1.29 is 9.59 Å². The molecule has 0 aromatic rings. The molecule has 0 bridgehead atoms. The standard InChI is InChI=1S/C10H10ClN3O2/c1-6(15)12-10-4-9(16)7-5-14(11)3-2-8(7)13-10/h2-3H,4-5H2,1H3,(H,12,13,15). The lowest BCUT2D eigenvalue weighted by atomic mass is 10.0. The number of amidine groups is 1. The molecule has 0 saturated heterocycles. The van der Waals surface area contributed by atoms with Gasteiger partial charge in [-0.05, 0) is 6.08 Å². The van der Waals surface area contributed by atoms with Gasteiger partial charge < -0.3 is 5.32 Å². The Balaban J connectivity index is 2.28. The van der Waals surface area contributed by atoms with E-state index in [-0.39, 0.29) is 18.1 Å². The molecular weight excluding hydrogens is 230 g/mol. The molecule has 2 aliphatic heterocycles. The number of nitrogens with zero attached hydrogens (tertiary/aromatic N) is 2. The van der Waals surface area contributed by atoms with Crippen LogP contribution in [-0.2, 0) is 9.59 Å². The Kier molecular flexibility index (Phi) is 2.78. The van der Waals surface area contributed by atoms with Crippen molar-refractivity contribution in [2.24, 2.45) is 4.99 Å². The molecular formula is C10H10ClN3O2. The minimum atomic E-state index is -0.227. The Morgan fingerprint density at radius 1 is 1.62 bits per heavy atom. The number of allylic oxidation sites excluding steroid dienone is 1. The van der Waals surface area contributed by atoms with Crippen molar-refractivity contribution in [3.8, 4) is 0 Å². The van der Waals surface area contributed by atoms with Crippen LogP contribution in [0.15, 0.2) is 28.5 Å². The molecule has 0 fully saturated rings. The molecule has 0 aliphatic carbocycles. The van der Waals surface area contributed by atoms with Crippen LogP contribution < -0.4 is 5.32 Å². The summed E-state index contributed by atoms with van der Waals surface area (Å²) in [5.41, 5.74) is 1.17. The largest absolute Gasteiger partial charge is 0.314 e. The number of hydrogen-bond acceptors (Lipinski definition) is 4. The third kappa shape index (κ3) is 2.14. The SMILES string of the molecule is CC(=O)NC1=NC2=C(CN(Cl)C=C2)C(=O)C1. The first-order valence-electron chi connectivity index (χ1n) is 4.78. The number of Topliss-reactive ketones (excluding diaryl/α,β-unsaturated/α-hetero) is 1. The van der Waals surface area contributed by atoms with Gasteiger partial charge in [0.15, 0.2) is 5.78 Å². The van der Waals surface area contributed by atoms with Crippen molar-refractivity contribution in [1.29, 1.82) is 0 Å². The lowest BCUT2D eigenvalue weighted by Gasteiger charge is -2.22. The van der Waals surface area contributed by atoms with Crippen LogP contribution in [0.25, 0.3) is 0 Å². The molecule has 0 saturated carbocycles. The summed E-state index contributed by atoms with van der Waals surface area (Å²) in [4.78, 5) is 26.8. The van der Waals surface area contributed by atoms with Gasteiger partial charge in [-0.1, -0.05) is 0 Å². The van der Waals surface area contributed by atoms with Crippen molar-refractivity contribution in [3.63, 3.8) is 0 Å². The zero-order valence-corrected chi connectivity index (χ0v) is 9.41. The predicted molar refractivity (Wildman–Crippen MR) is 59.6 cm³/mol. The number of rotatable bonds is 0. The Labute approximate surface area is 97.6 Å². The molecule has 16 heavy (non-hydrogen) atoms. The van der Waals surface area contributed by atoms with E-state index in [4.69, 9.17) is 11.8 Å². The normalized spacial score (nSPS) is 19.5. The van der Waals surface area contributed by atoms with Crippen molar-refractivity contribution in [3.05, 3.63) is 23.5 Å². The summed E-state index contributed by atoms with van der Waals surface area (Å²) >= 11 is 5.76. The summed E-state index contributed by atoms with van der Waals surface area (Å²) in [7, 11) is 0. The van der Waals surface area contributed by atoms with E-state index in [1.165, 1.54) is 11.3 Å². The van der Waals surface area contributed by atoms with Gasteiger partial charge in [0.2, 0.25) is 5.91 Å². The van der Waals surface area contributed by atoms with E-state index in [1.807, 2.05) is 0 Å². The van der Waals surface area contributed by atoms with E-state index >= 15 is 0 Å². The molecule has 2 aliphatic rings. The highest BCUT2D eigenvalue weighted by Gasteiger charge is 2.25. The summed E-state index contributed by atoms with van der Waals surface area (Å²) in [6.07, 6.45) is 3.41. The van der Waals surface area contributed by atoms with E-state index in [9.17, 15) is 9.59 Å². The summed E-state index contributed by atoms with van der Waals surface area (Å²) in [5.74, 6) is 0.113. The first-order valence-corrected chi connectivity index (χ1v) is 5.12. The number of hydrogen-bond donors (Lipinski definition) is 1. The minimum Gasteiger partial charge on any atom is -0.314 e. The van der Waals surface area contributed by atoms with E-state index < -0.39 is 0 Å². The highest BCUT2D eigenvalue weighted by Crippen LogP contribution is 2.23. The van der Waals surface area contributed by atoms with Crippen molar-refractivity contribution in [2.45, 2.75) is 13.3 Å². The molecule has 0 spiro atoms. The quantitative estimate of drug-likeness (QED) is 0.634. The van der Waals surface area contributed by atoms with Crippen LogP contribution in [0.4, 0.5) is 0 Å². The zero-order valence-electron chi connectivity index (χ0n) is 8.66.